The van der Waals surface area contributed by atoms with Crippen LogP contribution in [0.4, 0.5) is 0 Å². The molecule has 6 heteroatoms. The highest BCUT2D eigenvalue weighted by Gasteiger charge is 2.13. The van der Waals surface area contributed by atoms with E-state index >= 15 is 0 Å². The first-order valence-corrected chi connectivity index (χ1v) is 21.1. The number of carboxylic acid groups (broad SMARTS) is 1. The van der Waals surface area contributed by atoms with E-state index < -0.39 is 5.97 Å². The molecule has 290 valence electrons. The molecule has 0 fully saturated rings. The molecule has 0 saturated heterocycles. The van der Waals surface area contributed by atoms with Gasteiger partial charge in [0.25, 0.3) is 0 Å². The summed E-state index contributed by atoms with van der Waals surface area (Å²) in [5.41, 5.74) is 0. The molecule has 3 N–H and O–H groups in total. The van der Waals surface area contributed by atoms with Crippen LogP contribution in [0.3, 0.4) is 0 Å². The Balaban J connectivity index is 4.27. The van der Waals surface area contributed by atoms with E-state index in [0.29, 0.717) is 0 Å². The van der Waals surface area contributed by atoms with Gasteiger partial charge >= 0.3 is 5.97 Å². The zero-order valence-corrected chi connectivity index (χ0v) is 33.0. The number of carbonyl (C=O) groups excluding carboxylic acids is 2. The van der Waals surface area contributed by atoms with Crippen molar-refractivity contribution >= 4 is 17.8 Å². The molecule has 6 nitrogen and oxygen atoms in total. The summed E-state index contributed by atoms with van der Waals surface area (Å²) < 4.78 is 0. The third-order valence-corrected chi connectivity index (χ3v) is 9.54. The molecule has 0 radical (unpaired) electrons. The maximum atomic E-state index is 12.7. The van der Waals surface area contributed by atoms with Crippen molar-refractivity contribution in [3.05, 3.63) is 36.5 Å². The lowest BCUT2D eigenvalue weighted by Gasteiger charge is -2.19. The van der Waals surface area contributed by atoms with Crippen LogP contribution in [0.2, 0.25) is 0 Å². The summed E-state index contributed by atoms with van der Waals surface area (Å²) in [5, 5.41) is 14.6. The van der Waals surface area contributed by atoms with Crippen molar-refractivity contribution in [1.82, 2.24) is 10.6 Å². The average Bonchev–Trinajstić information content (AvgIpc) is 3.09. The minimum Gasteiger partial charge on any atom is -0.481 e. The van der Waals surface area contributed by atoms with Crippen molar-refractivity contribution in [2.24, 2.45) is 5.92 Å². The second-order valence-electron chi connectivity index (χ2n) is 14.7. The largest absolute Gasteiger partial charge is 0.481 e. The Morgan fingerprint density at radius 1 is 0.540 bits per heavy atom. The molecule has 2 atom stereocenters. The zero-order valence-electron chi connectivity index (χ0n) is 33.0. The number of allylic oxidation sites excluding steroid dienone is 6. The van der Waals surface area contributed by atoms with Gasteiger partial charge in [-0.3, -0.25) is 14.4 Å². The summed E-state index contributed by atoms with van der Waals surface area (Å²) in [6, 6.07) is 0.146. The predicted molar refractivity (Wildman–Crippen MR) is 214 cm³/mol. The van der Waals surface area contributed by atoms with E-state index in [-0.39, 0.29) is 43.7 Å². The first-order valence-electron chi connectivity index (χ1n) is 21.1. The molecule has 0 rings (SSSR count). The van der Waals surface area contributed by atoms with Crippen molar-refractivity contribution in [2.75, 3.05) is 6.54 Å². The summed E-state index contributed by atoms with van der Waals surface area (Å²) >= 11 is 0. The second kappa shape index (κ2) is 37.9. The summed E-state index contributed by atoms with van der Waals surface area (Å²) in [6.07, 6.45) is 46.3. The molecule has 50 heavy (non-hydrogen) atoms. The lowest BCUT2D eigenvalue weighted by Crippen LogP contribution is -2.42. The molecule has 0 aromatic carbocycles. The van der Waals surface area contributed by atoms with Crippen LogP contribution in [-0.2, 0) is 14.4 Å². The van der Waals surface area contributed by atoms with Crippen molar-refractivity contribution in [3.63, 3.8) is 0 Å². The molecule has 0 aromatic heterocycles. The monoisotopic (exact) mass is 701 g/mol. The first-order chi connectivity index (χ1) is 24.4. The minimum atomic E-state index is -0.909. The Bertz CT molecular complexity index is 881. The fraction of sp³-hybridized carbons (Fsp3) is 0.795. The summed E-state index contributed by atoms with van der Waals surface area (Å²) in [5.74, 6) is -0.549. The van der Waals surface area contributed by atoms with Gasteiger partial charge in [-0.15, -0.1) is 0 Å². The van der Waals surface area contributed by atoms with Gasteiger partial charge in [-0.25, -0.2) is 0 Å². The first kappa shape index (κ1) is 47.6. The van der Waals surface area contributed by atoms with Crippen LogP contribution in [-0.4, -0.2) is 35.5 Å². The van der Waals surface area contributed by atoms with E-state index in [2.05, 4.69) is 67.9 Å². The van der Waals surface area contributed by atoms with Gasteiger partial charge < -0.3 is 15.7 Å². The third-order valence-electron chi connectivity index (χ3n) is 9.54. The number of hydrogen-bond donors (Lipinski definition) is 3. The third kappa shape index (κ3) is 36.9. The van der Waals surface area contributed by atoms with Crippen molar-refractivity contribution < 1.29 is 19.5 Å². The standard InChI is InChI=1S/C44H80N2O4/c1-4-6-8-10-12-13-14-15-16-17-18-19-20-21-26-30-35-41(46-43(48)39-45-42(47)37-32-38-44(49)50)36-31-27-23-22-25-29-34-40(3)33-28-24-11-9-7-5-2/h12-13,15-16,24,28,40-41H,4-11,14,17-23,25-27,29-39H2,1-3H3,(H,45,47)(H,46,48)(H,49,50)/b13-12-,16-15-,28-24-. The second-order valence-corrected chi connectivity index (χ2v) is 14.7. The summed E-state index contributed by atoms with van der Waals surface area (Å²) in [4.78, 5) is 35.4. The van der Waals surface area contributed by atoms with Crippen molar-refractivity contribution in [2.45, 2.75) is 213 Å². The number of unbranched alkanes of at least 4 members (excludes halogenated alkanes) is 17. The van der Waals surface area contributed by atoms with Gasteiger partial charge in [-0.2, -0.15) is 0 Å². The van der Waals surface area contributed by atoms with E-state index in [4.69, 9.17) is 5.11 Å². The summed E-state index contributed by atoms with van der Waals surface area (Å²) in [6.45, 7) is 6.84. The molecule has 2 amide bonds. The Hall–Kier alpha value is -2.37. The Morgan fingerprint density at radius 2 is 1.02 bits per heavy atom. The number of hydrogen-bond acceptors (Lipinski definition) is 3. The van der Waals surface area contributed by atoms with Gasteiger partial charge in [-0.05, 0) is 76.5 Å². The SMILES string of the molecule is CCCCC/C=C\C/C=C\CCCCCCCCC(CCCCCCCCC(C)C/C=C\CCCCC)NC(=O)CNC(=O)CCCC(=O)O. The van der Waals surface area contributed by atoms with Crippen LogP contribution in [0.25, 0.3) is 0 Å². The number of rotatable bonds is 37. The Kier molecular flexibility index (Phi) is 36.1. The predicted octanol–water partition coefficient (Wildman–Crippen LogP) is 12.3. The molecular weight excluding hydrogens is 620 g/mol. The number of carbonyl (C=O) groups is 3. The Morgan fingerprint density at radius 3 is 1.56 bits per heavy atom. The maximum absolute atomic E-state index is 12.7. The molecule has 0 aliphatic heterocycles. The highest BCUT2D eigenvalue weighted by molar-refractivity contribution is 5.84. The average molecular weight is 701 g/mol. The zero-order chi connectivity index (χ0) is 36.8. The van der Waals surface area contributed by atoms with Crippen LogP contribution in [0.15, 0.2) is 36.5 Å². The van der Waals surface area contributed by atoms with Crippen LogP contribution in [0, 0.1) is 5.92 Å². The molecule has 0 aliphatic carbocycles. The molecule has 0 heterocycles. The highest BCUT2D eigenvalue weighted by Crippen LogP contribution is 2.18. The van der Waals surface area contributed by atoms with Gasteiger partial charge in [0.15, 0.2) is 0 Å². The molecule has 0 spiro atoms. The molecule has 2 unspecified atom stereocenters. The Labute approximate surface area is 309 Å². The van der Waals surface area contributed by atoms with Crippen molar-refractivity contribution in [1.29, 1.82) is 0 Å². The van der Waals surface area contributed by atoms with Crippen LogP contribution < -0.4 is 10.6 Å². The smallest absolute Gasteiger partial charge is 0.303 e. The lowest BCUT2D eigenvalue weighted by molar-refractivity contribution is -0.137. The van der Waals surface area contributed by atoms with E-state index in [1.807, 2.05) is 0 Å². The van der Waals surface area contributed by atoms with Gasteiger partial charge in [0.05, 0.1) is 6.54 Å². The fourth-order valence-electron chi connectivity index (χ4n) is 6.28. The lowest BCUT2D eigenvalue weighted by atomic mass is 9.97. The molecule has 0 saturated carbocycles. The van der Waals surface area contributed by atoms with Gasteiger partial charge in [-0.1, -0.05) is 160 Å². The summed E-state index contributed by atoms with van der Waals surface area (Å²) in [7, 11) is 0. The number of amides is 2. The maximum Gasteiger partial charge on any atom is 0.303 e. The molecule has 0 aliphatic rings. The minimum absolute atomic E-state index is 0.0359. The van der Waals surface area contributed by atoms with E-state index in [1.165, 1.54) is 135 Å². The van der Waals surface area contributed by atoms with E-state index in [0.717, 1.165) is 38.0 Å². The molecular formula is C44H80N2O4. The molecule has 0 bridgehead atoms. The fourth-order valence-corrected chi connectivity index (χ4v) is 6.28. The molecule has 0 aromatic rings. The van der Waals surface area contributed by atoms with Gasteiger partial charge in [0.1, 0.15) is 0 Å². The van der Waals surface area contributed by atoms with Crippen molar-refractivity contribution in [3.8, 4) is 0 Å². The topological polar surface area (TPSA) is 95.5 Å². The number of aliphatic carboxylic acids is 1. The normalized spacial score (nSPS) is 13.0. The number of carboxylic acids is 1. The van der Waals surface area contributed by atoms with E-state index in [9.17, 15) is 14.4 Å². The van der Waals surface area contributed by atoms with Gasteiger partial charge in [0, 0.05) is 18.9 Å². The number of nitrogens with one attached hydrogen (secondary N) is 2. The quantitative estimate of drug-likeness (QED) is 0.0444. The van der Waals surface area contributed by atoms with Crippen LogP contribution >= 0.6 is 0 Å². The van der Waals surface area contributed by atoms with E-state index in [1.54, 1.807) is 0 Å². The van der Waals surface area contributed by atoms with Gasteiger partial charge in [0.2, 0.25) is 11.8 Å². The van der Waals surface area contributed by atoms with Crippen LogP contribution in [0.5, 0.6) is 0 Å². The highest BCUT2D eigenvalue weighted by atomic mass is 16.4. The van der Waals surface area contributed by atoms with Crippen LogP contribution in [0.1, 0.15) is 207 Å².